The Morgan fingerprint density at radius 2 is 1.92 bits per heavy atom. The lowest BCUT2D eigenvalue weighted by Gasteiger charge is -2.37. The second-order valence-corrected chi connectivity index (χ2v) is 7.60. The molecule has 0 aromatic heterocycles. The van der Waals surface area contributed by atoms with E-state index < -0.39 is 0 Å². The molecule has 2 aliphatic heterocycles. The summed E-state index contributed by atoms with van der Waals surface area (Å²) in [7, 11) is 1.59. The molecule has 1 aromatic rings. The standard InChI is InChI=1S/C20H29ClN2O2/c1-25-19-9-8-16(15-18(19)21)20(24)23-13-6-3-7-17(23)10-14-22-11-4-2-5-12-22/h8-9,15,17H,2-7,10-14H2,1H3/t17-/m1/s1. The number of likely N-dealkylation sites (tertiary alicyclic amines) is 2. The van der Waals surface area contributed by atoms with Crippen LogP contribution in [0, 0.1) is 0 Å². The third-order valence-corrected chi connectivity index (χ3v) is 5.81. The van der Waals surface area contributed by atoms with Gasteiger partial charge < -0.3 is 14.5 Å². The van der Waals surface area contributed by atoms with Gasteiger partial charge in [-0.2, -0.15) is 0 Å². The molecule has 1 aromatic carbocycles. The number of amides is 1. The minimum Gasteiger partial charge on any atom is -0.495 e. The van der Waals surface area contributed by atoms with Gasteiger partial charge in [0.15, 0.2) is 0 Å². The van der Waals surface area contributed by atoms with Crippen LogP contribution in [0.4, 0.5) is 0 Å². The van der Waals surface area contributed by atoms with Gasteiger partial charge in [-0.15, -0.1) is 0 Å². The van der Waals surface area contributed by atoms with Gasteiger partial charge in [-0.25, -0.2) is 0 Å². The summed E-state index contributed by atoms with van der Waals surface area (Å²) in [5.74, 6) is 0.714. The largest absolute Gasteiger partial charge is 0.495 e. The van der Waals surface area contributed by atoms with Crippen molar-refractivity contribution < 1.29 is 9.53 Å². The van der Waals surface area contributed by atoms with Gasteiger partial charge in [0, 0.05) is 24.7 Å². The molecule has 0 unspecified atom stereocenters. The second kappa shape index (κ2) is 8.91. The van der Waals surface area contributed by atoms with Crippen molar-refractivity contribution in [2.75, 3.05) is 33.3 Å². The van der Waals surface area contributed by atoms with E-state index in [0.29, 0.717) is 22.4 Å². The van der Waals surface area contributed by atoms with E-state index >= 15 is 0 Å². The van der Waals surface area contributed by atoms with Crippen LogP contribution in [0.25, 0.3) is 0 Å². The van der Waals surface area contributed by atoms with Crippen LogP contribution in [0.1, 0.15) is 55.3 Å². The Kier molecular flexibility index (Phi) is 6.60. The highest BCUT2D eigenvalue weighted by molar-refractivity contribution is 6.32. The lowest BCUT2D eigenvalue weighted by Crippen LogP contribution is -2.45. The van der Waals surface area contributed by atoms with E-state index in [9.17, 15) is 4.79 Å². The number of hydrogen-bond donors (Lipinski definition) is 0. The van der Waals surface area contributed by atoms with Crippen LogP contribution in [0.2, 0.25) is 5.02 Å². The van der Waals surface area contributed by atoms with Crippen molar-refractivity contribution in [1.29, 1.82) is 0 Å². The van der Waals surface area contributed by atoms with Gasteiger partial charge in [-0.3, -0.25) is 4.79 Å². The molecule has 2 saturated heterocycles. The predicted octanol–water partition coefficient (Wildman–Crippen LogP) is 4.22. The first-order valence-electron chi connectivity index (χ1n) is 9.56. The zero-order chi connectivity index (χ0) is 17.6. The Bertz CT molecular complexity index is 587. The molecular weight excluding hydrogens is 336 g/mol. The van der Waals surface area contributed by atoms with Crippen LogP contribution < -0.4 is 4.74 Å². The molecule has 138 valence electrons. The third-order valence-electron chi connectivity index (χ3n) is 5.51. The van der Waals surface area contributed by atoms with Crippen LogP contribution in [-0.4, -0.2) is 55.0 Å². The number of nitrogens with zero attached hydrogens (tertiary/aromatic N) is 2. The van der Waals surface area contributed by atoms with Crippen molar-refractivity contribution in [2.45, 2.75) is 51.0 Å². The number of carbonyl (C=O) groups excluding carboxylic acids is 1. The van der Waals surface area contributed by atoms with E-state index in [-0.39, 0.29) is 5.91 Å². The number of ether oxygens (including phenoxy) is 1. The van der Waals surface area contributed by atoms with Crippen LogP contribution in [0.5, 0.6) is 5.75 Å². The first-order valence-corrected chi connectivity index (χ1v) is 9.93. The van der Waals surface area contributed by atoms with Gasteiger partial charge in [0.2, 0.25) is 0 Å². The third kappa shape index (κ3) is 4.68. The minimum atomic E-state index is 0.105. The number of rotatable bonds is 5. The molecule has 0 aliphatic carbocycles. The van der Waals surface area contributed by atoms with Crippen molar-refractivity contribution in [1.82, 2.24) is 9.80 Å². The number of methoxy groups -OCH3 is 1. The number of carbonyl (C=O) groups is 1. The zero-order valence-corrected chi connectivity index (χ0v) is 15.9. The van der Waals surface area contributed by atoms with Crippen LogP contribution in [-0.2, 0) is 0 Å². The maximum atomic E-state index is 13.0. The first-order chi connectivity index (χ1) is 12.2. The molecule has 2 heterocycles. The summed E-state index contributed by atoms with van der Waals surface area (Å²) in [5, 5.41) is 0.496. The van der Waals surface area contributed by atoms with Gasteiger partial charge in [-0.1, -0.05) is 18.0 Å². The molecule has 5 heteroatoms. The maximum absolute atomic E-state index is 13.0. The summed E-state index contributed by atoms with van der Waals surface area (Å²) in [6.07, 6.45) is 8.50. The number of hydrogen-bond acceptors (Lipinski definition) is 3. The quantitative estimate of drug-likeness (QED) is 0.784. The van der Waals surface area contributed by atoms with E-state index in [1.54, 1.807) is 19.2 Å². The normalized spacial score (nSPS) is 22.0. The van der Waals surface area contributed by atoms with Crippen molar-refractivity contribution in [3.8, 4) is 5.75 Å². The van der Waals surface area contributed by atoms with Gasteiger partial charge in [0.25, 0.3) is 5.91 Å². The highest BCUT2D eigenvalue weighted by atomic mass is 35.5. The fourth-order valence-electron chi connectivity index (χ4n) is 4.05. The molecule has 3 rings (SSSR count). The summed E-state index contributed by atoms with van der Waals surface area (Å²) >= 11 is 6.21. The molecule has 1 amide bonds. The first kappa shape index (κ1) is 18.5. The molecule has 2 aliphatic rings. The van der Waals surface area contributed by atoms with Crippen LogP contribution in [0.15, 0.2) is 18.2 Å². The highest BCUT2D eigenvalue weighted by Crippen LogP contribution is 2.28. The van der Waals surface area contributed by atoms with Crippen LogP contribution >= 0.6 is 11.6 Å². The fourth-order valence-corrected chi connectivity index (χ4v) is 4.31. The van der Waals surface area contributed by atoms with Crippen molar-refractivity contribution in [2.24, 2.45) is 0 Å². The Morgan fingerprint density at radius 3 is 2.64 bits per heavy atom. The molecule has 2 fully saturated rings. The average molecular weight is 365 g/mol. The van der Waals surface area contributed by atoms with Gasteiger partial charge in [0.05, 0.1) is 12.1 Å². The SMILES string of the molecule is COc1ccc(C(=O)N2CCCC[C@@H]2CCN2CCCCC2)cc1Cl. The lowest BCUT2D eigenvalue weighted by atomic mass is 9.97. The van der Waals surface area contributed by atoms with Crippen molar-refractivity contribution in [3.05, 3.63) is 28.8 Å². The Labute approximate surface area is 156 Å². The summed E-state index contributed by atoms with van der Waals surface area (Å²) < 4.78 is 5.19. The second-order valence-electron chi connectivity index (χ2n) is 7.19. The number of piperidine rings is 2. The molecule has 25 heavy (non-hydrogen) atoms. The molecular formula is C20H29ClN2O2. The molecule has 4 nitrogen and oxygen atoms in total. The minimum absolute atomic E-state index is 0.105. The molecule has 0 saturated carbocycles. The van der Waals surface area contributed by atoms with Crippen molar-refractivity contribution in [3.63, 3.8) is 0 Å². The smallest absolute Gasteiger partial charge is 0.254 e. The molecule has 0 N–H and O–H groups in total. The molecule has 0 radical (unpaired) electrons. The number of benzene rings is 1. The van der Waals surface area contributed by atoms with E-state index in [1.165, 1.54) is 38.8 Å². The van der Waals surface area contributed by atoms with E-state index in [1.807, 2.05) is 6.07 Å². The average Bonchev–Trinajstić information content (AvgIpc) is 2.67. The van der Waals surface area contributed by atoms with Crippen LogP contribution in [0.3, 0.4) is 0 Å². The van der Waals surface area contributed by atoms with E-state index in [0.717, 1.165) is 32.4 Å². The van der Waals surface area contributed by atoms with Crippen molar-refractivity contribution >= 4 is 17.5 Å². The molecule has 0 bridgehead atoms. The number of halogens is 1. The summed E-state index contributed by atoms with van der Waals surface area (Å²) in [6, 6.07) is 5.69. The molecule has 1 atom stereocenters. The molecule has 0 spiro atoms. The van der Waals surface area contributed by atoms with Gasteiger partial charge in [0.1, 0.15) is 5.75 Å². The maximum Gasteiger partial charge on any atom is 0.254 e. The van der Waals surface area contributed by atoms with Gasteiger partial charge in [-0.05, 0) is 69.8 Å². The van der Waals surface area contributed by atoms with E-state index in [4.69, 9.17) is 16.3 Å². The Hall–Kier alpha value is -1.26. The summed E-state index contributed by atoms with van der Waals surface area (Å²) in [4.78, 5) is 17.7. The fraction of sp³-hybridized carbons (Fsp3) is 0.650. The summed E-state index contributed by atoms with van der Waals surface area (Å²) in [5.41, 5.74) is 0.663. The Balaban J connectivity index is 1.64. The Morgan fingerprint density at radius 1 is 1.16 bits per heavy atom. The predicted molar refractivity (Wildman–Crippen MR) is 102 cm³/mol. The zero-order valence-electron chi connectivity index (χ0n) is 15.2. The van der Waals surface area contributed by atoms with E-state index in [2.05, 4.69) is 9.80 Å². The van der Waals surface area contributed by atoms with Gasteiger partial charge >= 0.3 is 0 Å². The topological polar surface area (TPSA) is 32.8 Å². The monoisotopic (exact) mass is 364 g/mol. The highest BCUT2D eigenvalue weighted by Gasteiger charge is 2.28. The lowest BCUT2D eigenvalue weighted by molar-refractivity contribution is 0.0579. The summed E-state index contributed by atoms with van der Waals surface area (Å²) in [6.45, 7) is 4.40.